The Hall–Kier alpha value is -0.630. The van der Waals surface area contributed by atoms with Gasteiger partial charge in [-0.1, -0.05) is 0 Å². The van der Waals surface area contributed by atoms with Crippen molar-refractivity contribution < 1.29 is 13.2 Å². The fourth-order valence-electron chi connectivity index (χ4n) is 1.97. The van der Waals surface area contributed by atoms with Gasteiger partial charge in [-0.2, -0.15) is 4.31 Å². The molecule has 0 amide bonds. The van der Waals surface area contributed by atoms with E-state index in [1.54, 1.807) is 0 Å². The zero-order chi connectivity index (χ0) is 13.0. The van der Waals surface area contributed by atoms with E-state index in [1.807, 2.05) is 0 Å². The Morgan fingerprint density at radius 1 is 1.50 bits per heavy atom. The molecule has 0 radical (unpaired) electrons. The van der Waals surface area contributed by atoms with Crippen molar-refractivity contribution in [3.8, 4) is 0 Å². The predicted octanol–water partition coefficient (Wildman–Crippen LogP) is 0.818. The molecule has 18 heavy (non-hydrogen) atoms. The quantitative estimate of drug-likeness (QED) is 0.816. The second kappa shape index (κ2) is 6.01. The Kier molecular flexibility index (Phi) is 4.60. The van der Waals surface area contributed by atoms with Crippen LogP contribution in [0.2, 0.25) is 0 Å². The maximum atomic E-state index is 12.2. The first-order chi connectivity index (χ1) is 8.64. The first-order valence-electron chi connectivity index (χ1n) is 5.80. The molecular weight excluding hydrogens is 278 g/mol. The van der Waals surface area contributed by atoms with Gasteiger partial charge in [-0.25, -0.2) is 13.4 Å². The number of rotatable bonds is 5. The molecule has 0 atom stereocenters. The zero-order valence-electron chi connectivity index (χ0n) is 9.88. The van der Waals surface area contributed by atoms with Crippen molar-refractivity contribution in [1.29, 1.82) is 0 Å². The molecule has 1 N–H and O–H groups in total. The van der Waals surface area contributed by atoms with Crippen LogP contribution in [0.1, 0.15) is 12.8 Å². The predicted molar refractivity (Wildman–Crippen MR) is 67.0 cm³/mol. The highest BCUT2D eigenvalue weighted by molar-refractivity contribution is 7.89. The Morgan fingerprint density at radius 2 is 2.22 bits per heavy atom. The molecule has 2 rings (SSSR count). The summed E-state index contributed by atoms with van der Waals surface area (Å²) in [6.07, 6.45) is 4.19. The van der Waals surface area contributed by atoms with Crippen molar-refractivity contribution >= 4 is 21.6 Å². The summed E-state index contributed by atoms with van der Waals surface area (Å²) in [4.78, 5) is 6.37. The number of aromatic amines is 1. The molecule has 0 unspecified atom stereocenters. The van der Waals surface area contributed by atoms with Crippen LogP contribution in [0.25, 0.3) is 0 Å². The molecule has 0 aromatic carbocycles. The first-order valence-corrected chi connectivity index (χ1v) is 7.78. The van der Waals surface area contributed by atoms with Crippen LogP contribution in [0.4, 0.5) is 0 Å². The Balaban J connectivity index is 1.94. The highest BCUT2D eigenvalue weighted by Crippen LogP contribution is 2.20. The third-order valence-corrected chi connectivity index (χ3v) is 4.90. The van der Waals surface area contributed by atoms with Crippen LogP contribution in [0.5, 0.6) is 0 Å². The largest absolute Gasteiger partial charge is 0.377 e. The second-order valence-corrected chi connectivity index (χ2v) is 6.36. The summed E-state index contributed by atoms with van der Waals surface area (Å²) in [5.74, 6) is 0.465. The van der Waals surface area contributed by atoms with E-state index in [1.165, 1.54) is 16.8 Å². The van der Waals surface area contributed by atoms with E-state index in [0.29, 0.717) is 38.4 Å². The molecule has 8 heteroatoms. The van der Waals surface area contributed by atoms with Gasteiger partial charge in [-0.05, 0) is 12.8 Å². The van der Waals surface area contributed by atoms with Gasteiger partial charge in [0.15, 0.2) is 5.03 Å². The Labute approximate surface area is 111 Å². The van der Waals surface area contributed by atoms with Crippen molar-refractivity contribution in [1.82, 2.24) is 14.3 Å². The molecular formula is C10H16ClN3O3S. The van der Waals surface area contributed by atoms with Gasteiger partial charge >= 0.3 is 0 Å². The van der Waals surface area contributed by atoms with Crippen molar-refractivity contribution in [3.05, 3.63) is 12.5 Å². The van der Waals surface area contributed by atoms with Gasteiger partial charge in [0, 0.05) is 19.0 Å². The molecule has 0 bridgehead atoms. The molecule has 1 saturated heterocycles. The molecule has 0 saturated carbocycles. The fourth-order valence-corrected chi connectivity index (χ4v) is 3.43. The van der Waals surface area contributed by atoms with E-state index >= 15 is 0 Å². The molecule has 1 aliphatic rings. The fraction of sp³-hybridized carbons (Fsp3) is 0.700. The summed E-state index contributed by atoms with van der Waals surface area (Å²) in [7, 11) is -3.43. The minimum atomic E-state index is -3.43. The van der Waals surface area contributed by atoms with Gasteiger partial charge in [0.05, 0.1) is 25.2 Å². The molecule has 6 nitrogen and oxygen atoms in total. The summed E-state index contributed by atoms with van der Waals surface area (Å²) < 4.78 is 31.3. The molecule has 1 aliphatic heterocycles. The van der Waals surface area contributed by atoms with E-state index in [2.05, 4.69) is 9.97 Å². The lowest BCUT2D eigenvalue weighted by molar-refractivity contribution is 0.0301. The minimum Gasteiger partial charge on any atom is -0.377 e. The average molecular weight is 294 g/mol. The number of aromatic nitrogens is 2. The lowest BCUT2D eigenvalue weighted by Gasteiger charge is -2.30. The molecule has 0 spiro atoms. The van der Waals surface area contributed by atoms with E-state index in [0.717, 1.165) is 0 Å². The number of imidazole rings is 1. The number of halogens is 1. The van der Waals surface area contributed by atoms with Crippen LogP contribution in [-0.2, 0) is 14.8 Å². The lowest BCUT2D eigenvalue weighted by Crippen LogP contribution is -2.41. The maximum Gasteiger partial charge on any atom is 0.260 e. The van der Waals surface area contributed by atoms with Gasteiger partial charge < -0.3 is 9.72 Å². The Bertz CT molecular complexity index is 455. The lowest BCUT2D eigenvalue weighted by atomic mass is 10.1. The van der Waals surface area contributed by atoms with Crippen molar-refractivity contribution in [3.63, 3.8) is 0 Å². The summed E-state index contributed by atoms with van der Waals surface area (Å²) in [6.45, 7) is 1.45. The topological polar surface area (TPSA) is 75.3 Å². The summed E-state index contributed by atoms with van der Waals surface area (Å²) in [6, 6.07) is 0. The normalized spacial score (nSPS) is 19.2. The monoisotopic (exact) mass is 293 g/mol. The number of hydrogen-bond acceptors (Lipinski definition) is 4. The molecule has 1 fully saturated rings. The summed E-state index contributed by atoms with van der Waals surface area (Å²) in [5.41, 5.74) is 0. The summed E-state index contributed by atoms with van der Waals surface area (Å²) >= 11 is 5.55. The summed E-state index contributed by atoms with van der Waals surface area (Å²) in [5, 5.41) is 0.141. The van der Waals surface area contributed by atoms with E-state index in [-0.39, 0.29) is 11.1 Å². The molecule has 102 valence electrons. The third kappa shape index (κ3) is 3.03. The van der Waals surface area contributed by atoms with Crippen LogP contribution in [0.3, 0.4) is 0 Å². The van der Waals surface area contributed by atoms with Crippen molar-refractivity contribution in [2.45, 2.75) is 24.0 Å². The van der Waals surface area contributed by atoms with E-state index < -0.39 is 10.0 Å². The standard InChI is InChI=1S/C10H16ClN3O3S/c11-3-6-17-9-1-4-14(5-2-9)18(15,16)10-7-12-8-13-10/h7-9H,1-6H2,(H,12,13). The number of H-pyrrole nitrogens is 1. The third-order valence-electron chi connectivity index (χ3n) is 2.92. The number of hydrogen-bond donors (Lipinski definition) is 1. The average Bonchev–Trinajstić information content (AvgIpc) is 2.91. The SMILES string of the molecule is O=S(=O)(c1cnc[nH]1)N1CCC(OCCCl)CC1. The first kappa shape index (κ1) is 13.8. The zero-order valence-corrected chi connectivity index (χ0v) is 11.5. The van der Waals surface area contributed by atoms with Crippen LogP contribution >= 0.6 is 11.6 Å². The van der Waals surface area contributed by atoms with Gasteiger partial charge in [0.25, 0.3) is 10.0 Å². The van der Waals surface area contributed by atoms with E-state index in [4.69, 9.17) is 16.3 Å². The number of nitrogens with zero attached hydrogens (tertiary/aromatic N) is 2. The van der Waals surface area contributed by atoms with Gasteiger partial charge in [0.1, 0.15) is 0 Å². The van der Waals surface area contributed by atoms with Gasteiger partial charge in [0.2, 0.25) is 0 Å². The van der Waals surface area contributed by atoms with Gasteiger partial charge in [-0.3, -0.25) is 0 Å². The number of ether oxygens (including phenoxy) is 1. The number of piperidine rings is 1. The highest BCUT2D eigenvalue weighted by atomic mass is 35.5. The van der Waals surface area contributed by atoms with Crippen molar-refractivity contribution in [2.75, 3.05) is 25.6 Å². The number of nitrogens with one attached hydrogen (secondary N) is 1. The molecule has 2 heterocycles. The van der Waals surface area contributed by atoms with Crippen LogP contribution in [0.15, 0.2) is 17.6 Å². The minimum absolute atomic E-state index is 0.108. The van der Waals surface area contributed by atoms with Crippen LogP contribution in [0, 0.1) is 0 Å². The van der Waals surface area contributed by atoms with Crippen LogP contribution < -0.4 is 0 Å². The smallest absolute Gasteiger partial charge is 0.260 e. The molecule has 1 aromatic heterocycles. The molecule has 0 aliphatic carbocycles. The van der Waals surface area contributed by atoms with Gasteiger partial charge in [-0.15, -0.1) is 11.6 Å². The van der Waals surface area contributed by atoms with Crippen LogP contribution in [-0.4, -0.2) is 54.4 Å². The number of sulfonamides is 1. The number of alkyl halides is 1. The maximum absolute atomic E-state index is 12.2. The Morgan fingerprint density at radius 3 is 2.78 bits per heavy atom. The van der Waals surface area contributed by atoms with Crippen molar-refractivity contribution in [2.24, 2.45) is 0 Å². The molecule has 1 aromatic rings. The van der Waals surface area contributed by atoms with E-state index in [9.17, 15) is 8.42 Å². The second-order valence-electron chi connectivity index (χ2n) is 4.08. The highest BCUT2D eigenvalue weighted by Gasteiger charge is 2.30.